The van der Waals surface area contributed by atoms with E-state index in [0.717, 1.165) is 43.5 Å². The van der Waals surface area contributed by atoms with Gasteiger partial charge < -0.3 is 5.11 Å². The molecule has 0 bridgehead atoms. The molecular weight excluding hydrogens is 383 g/mol. The highest BCUT2D eigenvalue weighted by Gasteiger charge is 2.33. The zero-order chi connectivity index (χ0) is 18.4. The van der Waals surface area contributed by atoms with Crippen LogP contribution in [0.1, 0.15) is 32.6 Å². The van der Waals surface area contributed by atoms with Crippen molar-refractivity contribution in [3.8, 4) is 0 Å². The van der Waals surface area contributed by atoms with E-state index in [1.165, 1.54) is 4.90 Å². The molecule has 2 rings (SSSR count). The van der Waals surface area contributed by atoms with Crippen molar-refractivity contribution in [2.24, 2.45) is 4.99 Å². The number of unbranched alkanes of at least 4 members (excludes halogenated alkanes) is 3. The van der Waals surface area contributed by atoms with E-state index < -0.39 is 5.97 Å². The van der Waals surface area contributed by atoms with Gasteiger partial charge in [-0.25, -0.2) is 9.79 Å². The summed E-state index contributed by atoms with van der Waals surface area (Å²) in [5.41, 5.74) is 0.483. The molecule has 0 aliphatic carbocycles. The molecular formula is C17H18Cl2N2O3S. The second-order valence-electron chi connectivity index (χ2n) is 5.46. The number of amidine groups is 1. The van der Waals surface area contributed by atoms with Crippen LogP contribution >= 0.6 is 35.0 Å². The number of carbonyl (C=O) groups excluding carboxylic acids is 1. The third-order valence-electron chi connectivity index (χ3n) is 3.50. The van der Waals surface area contributed by atoms with E-state index in [1.807, 2.05) is 0 Å². The van der Waals surface area contributed by atoms with Crippen LogP contribution in [0, 0.1) is 0 Å². The number of aliphatic imine (C=N–C) groups is 1. The van der Waals surface area contributed by atoms with Crippen LogP contribution in [0.3, 0.4) is 0 Å². The minimum Gasteiger partial charge on any atom is -0.478 e. The number of aliphatic carboxylic acids is 1. The Labute approximate surface area is 160 Å². The van der Waals surface area contributed by atoms with Gasteiger partial charge in [0.05, 0.1) is 15.6 Å². The topological polar surface area (TPSA) is 70.0 Å². The lowest BCUT2D eigenvalue weighted by atomic mass is 10.2. The van der Waals surface area contributed by atoms with Gasteiger partial charge in [-0.3, -0.25) is 9.69 Å². The number of hydrogen-bond donors (Lipinski definition) is 1. The summed E-state index contributed by atoms with van der Waals surface area (Å²) in [5, 5.41) is 10.2. The number of carbonyl (C=O) groups is 2. The number of thioether (sulfide) groups is 1. The zero-order valence-electron chi connectivity index (χ0n) is 13.7. The Morgan fingerprint density at radius 2 is 2.08 bits per heavy atom. The Balaban J connectivity index is 2.28. The quantitative estimate of drug-likeness (QED) is 0.510. The van der Waals surface area contributed by atoms with Crippen LogP contribution in [0.4, 0.5) is 5.69 Å². The molecule has 1 aromatic carbocycles. The molecule has 0 aromatic heterocycles. The first-order valence-electron chi connectivity index (χ1n) is 7.90. The van der Waals surface area contributed by atoms with E-state index in [4.69, 9.17) is 28.3 Å². The van der Waals surface area contributed by atoms with Gasteiger partial charge in [-0.05, 0) is 36.4 Å². The first-order chi connectivity index (χ1) is 11.9. The second-order valence-corrected chi connectivity index (χ2v) is 7.31. The highest BCUT2D eigenvalue weighted by Crippen LogP contribution is 2.35. The number of amides is 1. The number of nitrogens with zero attached hydrogens (tertiary/aromatic N) is 2. The third kappa shape index (κ3) is 5.49. The van der Waals surface area contributed by atoms with Crippen LogP contribution in [0.5, 0.6) is 0 Å². The van der Waals surface area contributed by atoms with Gasteiger partial charge in [0.1, 0.15) is 0 Å². The number of rotatable bonds is 7. The van der Waals surface area contributed by atoms with Gasteiger partial charge in [-0.1, -0.05) is 49.4 Å². The van der Waals surface area contributed by atoms with Crippen LogP contribution in [-0.4, -0.2) is 33.6 Å². The normalized spacial score (nSPS) is 17.7. The molecule has 1 amide bonds. The van der Waals surface area contributed by atoms with Crippen LogP contribution in [0.2, 0.25) is 10.0 Å². The molecule has 25 heavy (non-hydrogen) atoms. The predicted octanol–water partition coefficient (Wildman–Crippen LogP) is 5.11. The van der Waals surface area contributed by atoms with E-state index in [2.05, 4.69) is 11.9 Å². The average molecular weight is 401 g/mol. The predicted molar refractivity (Wildman–Crippen MR) is 103 cm³/mol. The lowest BCUT2D eigenvalue weighted by molar-refractivity contribution is -0.132. The van der Waals surface area contributed by atoms with Crippen molar-refractivity contribution < 1.29 is 14.7 Å². The molecule has 134 valence electrons. The average Bonchev–Trinajstić information content (AvgIpc) is 2.82. The molecule has 0 saturated carbocycles. The molecule has 1 N–H and O–H groups in total. The van der Waals surface area contributed by atoms with E-state index in [0.29, 0.717) is 27.4 Å². The van der Waals surface area contributed by atoms with Gasteiger partial charge in [0, 0.05) is 17.6 Å². The fourth-order valence-corrected chi connectivity index (χ4v) is 3.71. The van der Waals surface area contributed by atoms with Gasteiger partial charge in [0.25, 0.3) is 5.91 Å². The third-order valence-corrected chi connectivity index (χ3v) is 5.05. The fourth-order valence-electron chi connectivity index (χ4n) is 2.27. The Bertz CT molecular complexity index is 735. The van der Waals surface area contributed by atoms with Crippen molar-refractivity contribution in [3.63, 3.8) is 0 Å². The van der Waals surface area contributed by atoms with Crippen molar-refractivity contribution >= 4 is 57.7 Å². The summed E-state index contributed by atoms with van der Waals surface area (Å²) in [6.45, 7) is 2.60. The maximum Gasteiger partial charge on any atom is 0.329 e. The summed E-state index contributed by atoms with van der Waals surface area (Å²) in [4.78, 5) is 29.5. The number of halogens is 2. The summed E-state index contributed by atoms with van der Waals surface area (Å²) in [6, 6.07) is 4.90. The minimum absolute atomic E-state index is 0.145. The first kappa shape index (κ1) is 19.8. The van der Waals surface area contributed by atoms with E-state index in [9.17, 15) is 9.59 Å². The lowest BCUT2D eigenvalue weighted by Crippen LogP contribution is -2.30. The highest BCUT2D eigenvalue weighted by molar-refractivity contribution is 8.18. The maximum absolute atomic E-state index is 12.5. The summed E-state index contributed by atoms with van der Waals surface area (Å²) in [6.07, 6.45) is 4.92. The van der Waals surface area contributed by atoms with Crippen LogP contribution < -0.4 is 0 Å². The molecule has 0 spiro atoms. The Morgan fingerprint density at radius 3 is 2.72 bits per heavy atom. The van der Waals surface area contributed by atoms with Crippen LogP contribution in [-0.2, 0) is 9.59 Å². The monoisotopic (exact) mass is 400 g/mol. The van der Waals surface area contributed by atoms with Gasteiger partial charge in [0.2, 0.25) is 0 Å². The number of carboxylic acid groups (broad SMARTS) is 1. The van der Waals surface area contributed by atoms with Crippen molar-refractivity contribution in [2.45, 2.75) is 32.6 Å². The van der Waals surface area contributed by atoms with E-state index in [1.54, 1.807) is 18.2 Å². The Morgan fingerprint density at radius 1 is 1.32 bits per heavy atom. The van der Waals surface area contributed by atoms with Crippen molar-refractivity contribution in [3.05, 3.63) is 39.2 Å². The van der Waals surface area contributed by atoms with E-state index in [-0.39, 0.29) is 10.8 Å². The van der Waals surface area contributed by atoms with Crippen molar-refractivity contribution in [1.29, 1.82) is 0 Å². The summed E-state index contributed by atoms with van der Waals surface area (Å²) in [5.74, 6) is -1.50. The molecule has 0 unspecified atom stereocenters. The van der Waals surface area contributed by atoms with Gasteiger partial charge in [0.15, 0.2) is 5.17 Å². The van der Waals surface area contributed by atoms with Crippen LogP contribution in [0.15, 0.2) is 34.2 Å². The maximum atomic E-state index is 12.5. The van der Waals surface area contributed by atoms with Crippen LogP contribution in [0.25, 0.3) is 0 Å². The molecule has 1 heterocycles. The number of hydrogen-bond acceptors (Lipinski definition) is 4. The number of benzene rings is 1. The van der Waals surface area contributed by atoms with E-state index >= 15 is 0 Å². The van der Waals surface area contributed by atoms with Crippen molar-refractivity contribution in [2.75, 3.05) is 6.54 Å². The molecule has 1 saturated heterocycles. The Hall–Kier alpha value is -1.50. The highest BCUT2D eigenvalue weighted by atomic mass is 35.5. The largest absolute Gasteiger partial charge is 0.478 e. The first-order valence-corrected chi connectivity index (χ1v) is 9.47. The molecule has 0 atom stereocenters. The molecule has 0 radical (unpaired) electrons. The van der Waals surface area contributed by atoms with Gasteiger partial charge in [-0.2, -0.15) is 0 Å². The zero-order valence-corrected chi connectivity index (χ0v) is 16.0. The molecule has 1 aromatic rings. The minimum atomic E-state index is -1.16. The lowest BCUT2D eigenvalue weighted by Gasteiger charge is -2.15. The summed E-state index contributed by atoms with van der Waals surface area (Å²) >= 11 is 13.1. The smallest absolute Gasteiger partial charge is 0.329 e. The van der Waals surface area contributed by atoms with Gasteiger partial charge >= 0.3 is 5.97 Å². The summed E-state index contributed by atoms with van der Waals surface area (Å²) < 4.78 is 0. The molecule has 1 fully saturated rings. The summed E-state index contributed by atoms with van der Waals surface area (Å²) in [7, 11) is 0. The van der Waals surface area contributed by atoms with Gasteiger partial charge in [-0.15, -0.1) is 0 Å². The molecule has 5 nitrogen and oxygen atoms in total. The molecule has 8 heteroatoms. The second kappa shape index (κ2) is 9.27. The standard InChI is InChI=1S/C17H18Cl2N2O3S/c1-2-3-4-5-8-21-16(24)14(10-15(22)23)25-17(21)20-13-7-6-11(18)9-12(13)19/h6-7,9-10H,2-5,8H2,1H3,(H,22,23). The van der Waals surface area contributed by atoms with Crippen molar-refractivity contribution in [1.82, 2.24) is 4.90 Å². The molecule has 1 aliphatic rings. The SMILES string of the molecule is CCCCCCN1C(=O)C(=CC(=O)O)SC1=Nc1ccc(Cl)cc1Cl. The Kier molecular flexibility index (Phi) is 7.35. The number of carboxylic acids is 1. The molecule has 1 aliphatic heterocycles. The fraction of sp³-hybridized carbons (Fsp3) is 0.353.